The molecule has 16 heavy (non-hydrogen) atoms. The van der Waals surface area contributed by atoms with Crippen molar-refractivity contribution in [2.75, 3.05) is 0 Å². The van der Waals surface area contributed by atoms with E-state index in [4.69, 9.17) is 5.11 Å². The fourth-order valence-electron chi connectivity index (χ4n) is 5.83. The molecule has 0 aliphatic heterocycles. The minimum Gasteiger partial charge on any atom is -0.481 e. The second-order valence-corrected chi connectivity index (χ2v) is 7.24. The highest BCUT2D eigenvalue weighted by molar-refractivity contribution is 5.67. The molecule has 1 N–H and O–H groups in total. The van der Waals surface area contributed by atoms with Crippen molar-refractivity contribution in [3.05, 3.63) is 0 Å². The van der Waals surface area contributed by atoms with Crippen LogP contribution in [0.25, 0.3) is 0 Å². The summed E-state index contributed by atoms with van der Waals surface area (Å²) in [7, 11) is 0. The smallest absolute Gasteiger partial charge is 0.303 e. The molecule has 4 aliphatic carbocycles. The van der Waals surface area contributed by atoms with Gasteiger partial charge < -0.3 is 5.11 Å². The van der Waals surface area contributed by atoms with Crippen LogP contribution in [0.4, 0.5) is 0 Å². The SMILES string of the molecule is CC12CC3CC(C1)CC(C)(C3)C2CC(=O)O. The highest BCUT2D eigenvalue weighted by Gasteiger charge is 2.60. The van der Waals surface area contributed by atoms with Crippen molar-refractivity contribution in [2.45, 2.75) is 52.4 Å². The molecule has 0 amide bonds. The van der Waals surface area contributed by atoms with E-state index in [1.54, 1.807) is 0 Å². The topological polar surface area (TPSA) is 37.3 Å². The van der Waals surface area contributed by atoms with Crippen molar-refractivity contribution in [1.29, 1.82) is 0 Å². The van der Waals surface area contributed by atoms with Crippen molar-refractivity contribution in [1.82, 2.24) is 0 Å². The van der Waals surface area contributed by atoms with Crippen LogP contribution < -0.4 is 0 Å². The van der Waals surface area contributed by atoms with Crippen LogP contribution in [0.2, 0.25) is 0 Å². The summed E-state index contributed by atoms with van der Waals surface area (Å²) < 4.78 is 0. The molecule has 4 bridgehead atoms. The second kappa shape index (κ2) is 3.02. The van der Waals surface area contributed by atoms with E-state index in [0.29, 0.717) is 23.2 Å². The molecule has 0 aromatic rings. The quantitative estimate of drug-likeness (QED) is 0.778. The van der Waals surface area contributed by atoms with Crippen LogP contribution in [0.5, 0.6) is 0 Å². The van der Waals surface area contributed by atoms with Gasteiger partial charge in [-0.1, -0.05) is 13.8 Å². The Labute approximate surface area is 97.4 Å². The second-order valence-electron chi connectivity index (χ2n) is 7.24. The van der Waals surface area contributed by atoms with Crippen molar-refractivity contribution >= 4 is 5.97 Å². The summed E-state index contributed by atoms with van der Waals surface area (Å²) in [5, 5.41) is 9.13. The van der Waals surface area contributed by atoms with Crippen LogP contribution in [0.3, 0.4) is 0 Å². The molecule has 0 unspecified atom stereocenters. The Morgan fingerprint density at radius 3 is 1.94 bits per heavy atom. The lowest BCUT2D eigenvalue weighted by molar-refractivity contribution is -0.168. The molecule has 4 saturated carbocycles. The molecular formula is C14H22O2. The minimum absolute atomic E-state index is 0.331. The Kier molecular flexibility index (Phi) is 2.01. The number of hydrogen-bond acceptors (Lipinski definition) is 1. The Balaban J connectivity index is 1.94. The molecule has 0 saturated heterocycles. The molecule has 0 atom stereocenters. The van der Waals surface area contributed by atoms with Crippen LogP contribution in [-0.2, 0) is 4.79 Å². The zero-order valence-electron chi connectivity index (χ0n) is 10.3. The standard InChI is InChI=1S/C14H22O2/c1-13-5-9-3-10(6-13)8-14(2,7-9)11(13)4-12(15)16/h9-11H,3-8H2,1-2H3,(H,15,16). The van der Waals surface area contributed by atoms with Gasteiger partial charge in [0.25, 0.3) is 0 Å². The van der Waals surface area contributed by atoms with E-state index in [9.17, 15) is 4.79 Å². The third-order valence-corrected chi connectivity index (χ3v) is 5.75. The molecule has 4 aliphatic rings. The zero-order valence-corrected chi connectivity index (χ0v) is 10.3. The third kappa shape index (κ3) is 1.34. The van der Waals surface area contributed by atoms with Gasteiger partial charge in [-0.2, -0.15) is 0 Å². The molecule has 2 heteroatoms. The van der Waals surface area contributed by atoms with E-state index in [0.717, 1.165) is 11.8 Å². The summed E-state index contributed by atoms with van der Waals surface area (Å²) >= 11 is 0. The van der Waals surface area contributed by atoms with Gasteiger partial charge in [0, 0.05) is 6.42 Å². The van der Waals surface area contributed by atoms with Gasteiger partial charge in [0.1, 0.15) is 0 Å². The van der Waals surface area contributed by atoms with E-state index in [1.165, 1.54) is 32.1 Å². The van der Waals surface area contributed by atoms with Gasteiger partial charge in [-0.25, -0.2) is 0 Å². The minimum atomic E-state index is -0.597. The average Bonchev–Trinajstić information content (AvgIpc) is 2.08. The molecule has 0 heterocycles. The van der Waals surface area contributed by atoms with Gasteiger partial charge in [-0.15, -0.1) is 0 Å². The number of rotatable bonds is 2. The largest absolute Gasteiger partial charge is 0.481 e. The fourth-order valence-corrected chi connectivity index (χ4v) is 5.83. The zero-order chi connectivity index (χ0) is 11.6. The summed E-state index contributed by atoms with van der Waals surface area (Å²) in [5.74, 6) is 1.62. The molecule has 0 radical (unpaired) electrons. The summed E-state index contributed by atoms with van der Waals surface area (Å²) in [4.78, 5) is 11.1. The lowest BCUT2D eigenvalue weighted by Gasteiger charge is -2.65. The maximum absolute atomic E-state index is 11.1. The first-order valence-electron chi connectivity index (χ1n) is 6.63. The van der Waals surface area contributed by atoms with Crippen LogP contribution in [0, 0.1) is 28.6 Å². The number of aliphatic carboxylic acids is 1. The van der Waals surface area contributed by atoms with E-state index in [-0.39, 0.29) is 0 Å². The molecule has 4 rings (SSSR count). The fraction of sp³-hybridized carbons (Fsp3) is 0.929. The Bertz CT molecular complexity index is 298. The molecule has 0 aromatic carbocycles. The lowest BCUT2D eigenvalue weighted by atomic mass is 9.40. The monoisotopic (exact) mass is 222 g/mol. The first-order valence-corrected chi connectivity index (χ1v) is 6.63. The van der Waals surface area contributed by atoms with E-state index in [1.807, 2.05) is 0 Å². The van der Waals surface area contributed by atoms with Crippen LogP contribution >= 0.6 is 0 Å². The van der Waals surface area contributed by atoms with E-state index < -0.39 is 5.97 Å². The van der Waals surface area contributed by atoms with Crippen LogP contribution in [0.15, 0.2) is 0 Å². The summed E-state index contributed by atoms with van der Waals surface area (Å²) in [6.45, 7) is 4.71. The van der Waals surface area contributed by atoms with Gasteiger partial charge in [0.05, 0.1) is 0 Å². The highest BCUT2D eigenvalue weighted by Crippen LogP contribution is 2.68. The predicted octanol–water partition coefficient (Wildman–Crippen LogP) is 3.31. The van der Waals surface area contributed by atoms with Crippen LogP contribution in [0.1, 0.15) is 52.4 Å². The van der Waals surface area contributed by atoms with Crippen LogP contribution in [-0.4, -0.2) is 11.1 Å². The van der Waals surface area contributed by atoms with Gasteiger partial charge in [-0.05, 0) is 60.7 Å². The maximum atomic E-state index is 11.1. The molecule has 4 fully saturated rings. The molecule has 0 aromatic heterocycles. The van der Waals surface area contributed by atoms with Crippen molar-refractivity contribution < 1.29 is 9.90 Å². The van der Waals surface area contributed by atoms with Gasteiger partial charge >= 0.3 is 5.97 Å². The van der Waals surface area contributed by atoms with Crippen molar-refractivity contribution in [2.24, 2.45) is 28.6 Å². The third-order valence-electron chi connectivity index (χ3n) is 5.75. The van der Waals surface area contributed by atoms with E-state index in [2.05, 4.69) is 13.8 Å². The number of carboxylic acid groups (broad SMARTS) is 1. The predicted molar refractivity (Wildman–Crippen MR) is 62.0 cm³/mol. The Morgan fingerprint density at radius 1 is 1.12 bits per heavy atom. The maximum Gasteiger partial charge on any atom is 0.303 e. The Morgan fingerprint density at radius 2 is 1.56 bits per heavy atom. The van der Waals surface area contributed by atoms with Crippen molar-refractivity contribution in [3.63, 3.8) is 0 Å². The van der Waals surface area contributed by atoms with Gasteiger partial charge in [0.2, 0.25) is 0 Å². The highest BCUT2D eigenvalue weighted by atomic mass is 16.4. The normalized spacial score (nSPS) is 54.2. The molecular weight excluding hydrogens is 200 g/mol. The van der Waals surface area contributed by atoms with Crippen molar-refractivity contribution in [3.8, 4) is 0 Å². The Hall–Kier alpha value is -0.530. The van der Waals surface area contributed by atoms with Gasteiger partial charge in [0.15, 0.2) is 0 Å². The number of hydrogen-bond donors (Lipinski definition) is 1. The van der Waals surface area contributed by atoms with E-state index >= 15 is 0 Å². The summed E-state index contributed by atoms with van der Waals surface area (Å²) in [6.07, 6.45) is 6.97. The molecule has 2 nitrogen and oxygen atoms in total. The summed E-state index contributed by atoms with van der Waals surface area (Å²) in [6, 6.07) is 0. The molecule has 0 spiro atoms. The number of carbonyl (C=O) groups is 1. The summed E-state index contributed by atoms with van der Waals surface area (Å²) in [5.41, 5.74) is 0.661. The molecule has 90 valence electrons. The number of carboxylic acids is 1. The van der Waals surface area contributed by atoms with Gasteiger partial charge in [-0.3, -0.25) is 4.79 Å². The first-order chi connectivity index (χ1) is 7.41. The lowest BCUT2D eigenvalue weighted by Crippen LogP contribution is -2.56. The first kappa shape index (κ1) is 10.6. The average molecular weight is 222 g/mol.